The maximum Gasteiger partial charge on any atom is 0.277 e. The van der Waals surface area contributed by atoms with Crippen molar-refractivity contribution in [3.05, 3.63) is 35.8 Å². The molecule has 48 valence electrons. The zero-order valence-corrected chi connectivity index (χ0v) is 4.91. The van der Waals surface area contributed by atoms with Crippen molar-refractivity contribution in [2.75, 3.05) is 0 Å². The van der Waals surface area contributed by atoms with Gasteiger partial charge in [-0.15, -0.1) is 0 Å². The molecule has 0 aliphatic heterocycles. The van der Waals surface area contributed by atoms with Gasteiger partial charge in [-0.1, -0.05) is 24.3 Å². The molecule has 0 radical (unpaired) electrons. The second kappa shape index (κ2) is 2.40. The molecule has 2 nitrogen and oxygen atoms in total. The fraction of sp³-hybridized carbons (Fsp3) is 0.143. The Balaban J connectivity index is 2.78. The number of allylic oxidation sites excluding steroid dienone is 5. The lowest BCUT2D eigenvalue weighted by molar-refractivity contribution is 0.186. The highest BCUT2D eigenvalue weighted by molar-refractivity contribution is 5.29. The first-order valence-corrected chi connectivity index (χ1v) is 2.75. The van der Waals surface area contributed by atoms with Crippen molar-refractivity contribution in [1.29, 1.82) is 0 Å². The van der Waals surface area contributed by atoms with Crippen molar-refractivity contribution in [1.82, 2.24) is 0 Å². The monoisotopic (exact) mass is 124 g/mol. The normalized spacial score (nSPS) is 16.2. The second-order valence-electron chi connectivity index (χ2n) is 1.84. The van der Waals surface area contributed by atoms with E-state index in [0.717, 1.165) is 0 Å². The molecule has 0 unspecified atom stereocenters. The Morgan fingerprint density at radius 3 is 2.44 bits per heavy atom. The Morgan fingerprint density at radius 2 is 2.11 bits per heavy atom. The van der Waals surface area contributed by atoms with Crippen LogP contribution in [0.3, 0.4) is 0 Å². The molecule has 0 aromatic heterocycles. The summed E-state index contributed by atoms with van der Waals surface area (Å²) in [5.74, 6) is -0.574. The van der Waals surface area contributed by atoms with E-state index < -0.39 is 5.95 Å². The van der Waals surface area contributed by atoms with Crippen molar-refractivity contribution in [3.8, 4) is 0 Å². The summed E-state index contributed by atoms with van der Waals surface area (Å²) in [6.45, 7) is 0. The van der Waals surface area contributed by atoms with Crippen molar-refractivity contribution in [2.24, 2.45) is 0 Å². The van der Waals surface area contributed by atoms with E-state index in [1.54, 1.807) is 12.2 Å². The van der Waals surface area contributed by atoms with Crippen molar-refractivity contribution in [3.63, 3.8) is 0 Å². The van der Waals surface area contributed by atoms with Crippen LogP contribution in [0.5, 0.6) is 0 Å². The van der Waals surface area contributed by atoms with Crippen LogP contribution in [0.2, 0.25) is 0 Å². The van der Waals surface area contributed by atoms with Crippen LogP contribution in [-0.4, -0.2) is 10.2 Å². The molecule has 0 fully saturated rings. The Hall–Kier alpha value is -1.18. The van der Waals surface area contributed by atoms with Gasteiger partial charge in [0.2, 0.25) is 0 Å². The van der Waals surface area contributed by atoms with Gasteiger partial charge in [-0.05, 0) is 6.42 Å². The zero-order chi connectivity index (χ0) is 6.69. The summed E-state index contributed by atoms with van der Waals surface area (Å²) in [5.41, 5.74) is 0.567. The summed E-state index contributed by atoms with van der Waals surface area (Å²) in [6.07, 6.45) is 7.79. The molecule has 0 saturated carbocycles. The Morgan fingerprint density at radius 1 is 1.33 bits per heavy atom. The lowest BCUT2D eigenvalue weighted by Gasteiger charge is -1.99. The molecule has 2 N–H and O–H groups in total. The molecule has 2 heteroatoms. The van der Waals surface area contributed by atoms with Gasteiger partial charge >= 0.3 is 0 Å². The maximum atomic E-state index is 8.53. The summed E-state index contributed by atoms with van der Waals surface area (Å²) in [7, 11) is 0. The molecule has 0 amide bonds. The zero-order valence-electron chi connectivity index (χ0n) is 4.91. The molecule has 0 atom stereocenters. The standard InChI is InChI=1S/C7H8O2/c8-7(9)6-4-2-1-3-5-6/h1-4,8-9H,5H2. The van der Waals surface area contributed by atoms with E-state index in [0.29, 0.717) is 12.0 Å². The van der Waals surface area contributed by atoms with E-state index in [-0.39, 0.29) is 0 Å². The average Bonchev–Trinajstić information content (AvgIpc) is 1.90. The Kier molecular flexibility index (Phi) is 1.58. The summed E-state index contributed by atoms with van der Waals surface area (Å²) >= 11 is 0. The van der Waals surface area contributed by atoms with Crippen LogP contribution in [0, 0.1) is 0 Å². The second-order valence-corrected chi connectivity index (χ2v) is 1.84. The topological polar surface area (TPSA) is 40.5 Å². The van der Waals surface area contributed by atoms with E-state index in [9.17, 15) is 0 Å². The summed E-state index contributed by atoms with van der Waals surface area (Å²) in [6, 6.07) is 0. The van der Waals surface area contributed by atoms with E-state index in [1.807, 2.05) is 12.2 Å². The van der Waals surface area contributed by atoms with Gasteiger partial charge in [0.1, 0.15) is 0 Å². The maximum absolute atomic E-state index is 8.53. The third-order valence-electron chi connectivity index (χ3n) is 1.17. The molecule has 1 rings (SSSR count). The highest BCUT2D eigenvalue weighted by atomic mass is 16.5. The van der Waals surface area contributed by atoms with Gasteiger partial charge in [-0.2, -0.15) is 0 Å². The SMILES string of the molecule is OC(O)=C1C=CC=CC1. The molecule has 0 spiro atoms. The van der Waals surface area contributed by atoms with Crippen LogP contribution in [0.15, 0.2) is 35.8 Å². The minimum atomic E-state index is -0.574. The molecule has 0 bridgehead atoms. The third-order valence-corrected chi connectivity index (χ3v) is 1.17. The molecular formula is C7H8O2. The fourth-order valence-corrected chi connectivity index (χ4v) is 0.679. The van der Waals surface area contributed by atoms with E-state index in [4.69, 9.17) is 10.2 Å². The minimum absolute atomic E-state index is 0.567. The molecule has 0 heterocycles. The molecule has 0 aromatic rings. The largest absolute Gasteiger partial charge is 0.481 e. The van der Waals surface area contributed by atoms with Gasteiger partial charge < -0.3 is 10.2 Å². The molecule has 0 aromatic carbocycles. The van der Waals surface area contributed by atoms with Crippen LogP contribution < -0.4 is 0 Å². The predicted molar refractivity (Wildman–Crippen MR) is 35.2 cm³/mol. The number of aliphatic hydroxyl groups is 2. The van der Waals surface area contributed by atoms with Crippen molar-refractivity contribution in [2.45, 2.75) is 6.42 Å². The third kappa shape index (κ3) is 1.35. The van der Waals surface area contributed by atoms with E-state index >= 15 is 0 Å². The van der Waals surface area contributed by atoms with Gasteiger partial charge in [0, 0.05) is 5.57 Å². The molecule has 1 aliphatic rings. The van der Waals surface area contributed by atoms with Crippen molar-refractivity contribution >= 4 is 0 Å². The highest BCUT2D eigenvalue weighted by Crippen LogP contribution is 2.11. The smallest absolute Gasteiger partial charge is 0.277 e. The van der Waals surface area contributed by atoms with Crippen LogP contribution >= 0.6 is 0 Å². The summed E-state index contributed by atoms with van der Waals surface area (Å²) in [5, 5.41) is 17.1. The number of hydrogen-bond acceptors (Lipinski definition) is 2. The highest BCUT2D eigenvalue weighted by Gasteiger charge is 1.98. The Labute approximate surface area is 53.4 Å². The quantitative estimate of drug-likeness (QED) is 0.483. The first kappa shape index (κ1) is 5.95. The molecule has 9 heavy (non-hydrogen) atoms. The fourth-order valence-electron chi connectivity index (χ4n) is 0.679. The lowest BCUT2D eigenvalue weighted by Crippen LogP contribution is -1.87. The first-order valence-electron chi connectivity index (χ1n) is 2.75. The van der Waals surface area contributed by atoms with Crippen LogP contribution in [-0.2, 0) is 0 Å². The van der Waals surface area contributed by atoms with Crippen LogP contribution in [0.4, 0.5) is 0 Å². The lowest BCUT2D eigenvalue weighted by atomic mass is 10.1. The number of rotatable bonds is 0. The minimum Gasteiger partial charge on any atom is -0.481 e. The van der Waals surface area contributed by atoms with Gasteiger partial charge in [-0.25, -0.2) is 0 Å². The summed E-state index contributed by atoms with van der Waals surface area (Å²) < 4.78 is 0. The predicted octanol–water partition coefficient (Wildman–Crippen LogP) is 1.83. The van der Waals surface area contributed by atoms with E-state index in [2.05, 4.69) is 0 Å². The van der Waals surface area contributed by atoms with Gasteiger partial charge in [-0.3, -0.25) is 0 Å². The van der Waals surface area contributed by atoms with E-state index in [1.165, 1.54) is 0 Å². The first-order chi connectivity index (χ1) is 4.30. The van der Waals surface area contributed by atoms with Crippen LogP contribution in [0.1, 0.15) is 6.42 Å². The molecular weight excluding hydrogens is 116 g/mol. The number of hydrogen-bond donors (Lipinski definition) is 2. The van der Waals surface area contributed by atoms with Crippen molar-refractivity contribution < 1.29 is 10.2 Å². The van der Waals surface area contributed by atoms with Gasteiger partial charge in [0.15, 0.2) is 0 Å². The average molecular weight is 124 g/mol. The number of aliphatic hydroxyl groups excluding tert-OH is 1. The molecule has 0 saturated heterocycles. The Bertz CT molecular complexity index is 183. The molecule has 1 aliphatic carbocycles. The summed E-state index contributed by atoms with van der Waals surface area (Å²) in [4.78, 5) is 0. The van der Waals surface area contributed by atoms with Gasteiger partial charge in [0.05, 0.1) is 0 Å². The van der Waals surface area contributed by atoms with Crippen LogP contribution in [0.25, 0.3) is 0 Å². The van der Waals surface area contributed by atoms with Gasteiger partial charge in [0.25, 0.3) is 5.95 Å².